The van der Waals surface area contributed by atoms with Crippen molar-refractivity contribution < 1.29 is 9.53 Å². The molecule has 4 rings (SSSR count). The molecule has 1 aromatic carbocycles. The van der Waals surface area contributed by atoms with Crippen molar-refractivity contribution in [2.75, 3.05) is 32.6 Å². The van der Waals surface area contributed by atoms with Crippen LogP contribution in [-0.2, 0) is 4.79 Å². The number of nitrogens with zero attached hydrogens (tertiary/aromatic N) is 4. The molecule has 1 aliphatic rings. The number of aryl methyl sites for hydroxylation is 1. The molecule has 2 aromatic heterocycles. The Kier molecular flexibility index (Phi) is 8.21. The Labute approximate surface area is 210 Å². The van der Waals surface area contributed by atoms with Crippen LogP contribution in [0.15, 0.2) is 39.4 Å². The third-order valence-corrected chi connectivity index (χ3v) is 6.99. The maximum absolute atomic E-state index is 12.3. The molecule has 0 bridgehead atoms. The van der Waals surface area contributed by atoms with Gasteiger partial charge in [0.05, 0.1) is 27.9 Å². The van der Waals surface area contributed by atoms with Gasteiger partial charge in [-0.25, -0.2) is 4.98 Å². The first-order chi connectivity index (χ1) is 16.9. The molecular weight excluding hydrogens is 484 g/mol. The van der Waals surface area contributed by atoms with E-state index >= 15 is 0 Å². The highest BCUT2D eigenvalue weighted by Gasteiger charge is 2.30. The molecule has 184 valence electrons. The smallest absolute Gasteiger partial charge is 0.266 e. The first-order valence-corrected chi connectivity index (χ1v) is 13.0. The highest BCUT2D eigenvalue weighted by molar-refractivity contribution is 7.16. The fraction of sp³-hybridized carbons (Fsp3) is 0.375. The summed E-state index contributed by atoms with van der Waals surface area (Å²) in [6.45, 7) is 3.60. The first kappa shape index (κ1) is 25.0. The largest absolute Gasteiger partial charge is 0.494 e. The lowest BCUT2D eigenvalue weighted by molar-refractivity contribution is -0.117. The summed E-state index contributed by atoms with van der Waals surface area (Å²) < 4.78 is 6.91. The van der Waals surface area contributed by atoms with E-state index in [9.17, 15) is 9.59 Å². The van der Waals surface area contributed by atoms with Crippen LogP contribution in [0.25, 0.3) is 12.3 Å². The highest BCUT2D eigenvalue weighted by atomic mass is 32.1. The normalized spacial score (nSPS) is 14.9. The minimum absolute atomic E-state index is 0.0135. The zero-order valence-electron chi connectivity index (χ0n) is 19.9. The van der Waals surface area contributed by atoms with Crippen LogP contribution in [0.2, 0.25) is 0 Å². The minimum atomic E-state index is -0.208. The number of nitrogens with one attached hydrogen (secondary N) is 2. The number of thiazole rings is 2. The summed E-state index contributed by atoms with van der Waals surface area (Å²) in [6.07, 6.45) is 7.77. The molecule has 1 amide bonds. The highest BCUT2D eigenvalue weighted by Crippen LogP contribution is 2.31. The topological polar surface area (TPSA) is 112 Å². The van der Waals surface area contributed by atoms with Gasteiger partial charge in [0.2, 0.25) is 5.91 Å². The monoisotopic (exact) mass is 512 g/mol. The van der Waals surface area contributed by atoms with E-state index in [0.717, 1.165) is 47.7 Å². The molecule has 0 atom stereocenters. The summed E-state index contributed by atoms with van der Waals surface area (Å²) in [4.78, 5) is 34.1. The molecule has 1 saturated carbocycles. The molecule has 0 spiro atoms. The van der Waals surface area contributed by atoms with Gasteiger partial charge >= 0.3 is 0 Å². The summed E-state index contributed by atoms with van der Waals surface area (Å²) in [6, 6.07) is 5.70. The Balaban J connectivity index is 1.39. The van der Waals surface area contributed by atoms with E-state index in [0.29, 0.717) is 20.9 Å². The SMILES string of the molecule is Cc1cc(OCCCN(C)C)ccc1N=N/C=c1/[nH]c(=O)/c(=C/c2cnc(NC(=O)C3CC3)s2)s1. The van der Waals surface area contributed by atoms with E-state index in [-0.39, 0.29) is 17.4 Å². The second kappa shape index (κ2) is 11.5. The number of carbonyl (C=O) groups excluding carboxylic acids is 1. The number of amides is 1. The fourth-order valence-electron chi connectivity index (χ4n) is 3.15. The second-order valence-electron chi connectivity index (χ2n) is 8.56. The quantitative estimate of drug-likeness (QED) is 0.320. The number of aromatic nitrogens is 2. The molecule has 2 N–H and O–H groups in total. The third kappa shape index (κ3) is 7.41. The predicted octanol–water partition coefficient (Wildman–Crippen LogP) is 3.23. The standard InChI is InChI=1S/C24H28N6O3S2/c1-15-11-17(33-10-4-9-30(2)3)7-8-19(15)29-26-14-21-27-23(32)20(35-21)12-18-13-25-24(34-18)28-22(31)16-5-6-16/h7-8,11-14,16H,4-6,9-10H2,1-3H3,(H,27,32)(H,25,28,31)/b20-12-,21-14-,29-26?. The maximum atomic E-state index is 12.3. The molecule has 0 radical (unpaired) electrons. The van der Waals surface area contributed by atoms with Crippen molar-refractivity contribution in [1.29, 1.82) is 0 Å². The Hall–Kier alpha value is -3.15. The van der Waals surface area contributed by atoms with Gasteiger partial charge in [0.25, 0.3) is 5.56 Å². The molecule has 9 nitrogen and oxygen atoms in total. The number of hydrogen-bond acceptors (Lipinski definition) is 9. The van der Waals surface area contributed by atoms with Gasteiger partial charge in [0.15, 0.2) is 5.13 Å². The van der Waals surface area contributed by atoms with Gasteiger partial charge in [-0.2, -0.15) is 10.2 Å². The molecule has 3 aromatic rings. The molecule has 1 aliphatic carbocycles. The molecule has 0 unspecified atom stereocenters. The average molecular weight is 513 g/mol. The van der Waals surface area contributed by atoms with Gasteiger partial charge in [0.1, 0.15) is 10.4 Å². The number of ether oxygens (including phenoxy) is 1. The molecule has 0 aliphatic heterocycles. The summed E-state index contributed by atoms with van der Waals surface area (Å²) in [5, 5.41) is 11.8. The van der Waals surface area contributed by atoms with Gasteiger partial charge in [-0.3, -0.25) is 9.59 Å². The molecule has 1 fully saturated rings. The van der Waals surface area contributed by atoms with Crippen LogP contribution in [0.5, 0.6) is 5.75 Å². The maximum Gasteiger partial charge on any atom is 0.266 e. The Morgan fingerprint density at radius 1 is 1.34 bits per heavy atom. The lowest BCUT2D eigenvalue weighted by Gasteiger charge is -2.11. The number of anilines is 1. The van der Waals surface area contributed by atoms with Gasteiger partial charge in [0, 0.05) is 18.7 Å². The van der Waals surface area contributed by atoms with Crippen LogP contribution in [-0.4, -0.2) is 48.0 Å². The Morgan fingerprint density at radius 2 is 2.17 bits per heavy atom. The number of H-pyrrole nitrogens is 1. The molecule has 2 heterocycles. The van der Waals surface area contributed by atoms with Gasteiger partial charge in [-0.1, -0.05) is 11.3 Å². The number of rotatable bonds is 10. The van der Waals surface area contributed by atoms with Crippen molar-refractivity contribution in [3.63, 3.8) is 0 Å². The van der Waals surface area contributed by atoms with E-state index in [1.807, 2.05) is 39.2 Å². The molecule has 11 heteroatoms. The number of aromatic amines is 1. The van der Waals surface area contributed by atoms with Crippen molar-refractivity contribution in [2.24, 2.45) is 16.1 Å². The summed E-state index contributed by atoms with van der Waals surface area (Å²) >= 11 is 2.62. The second-order valence-corrected chi connectivity index (χ2v) is 10.7. The number of benzene rings is 1. The summed E-state index contributed by atoms with van der Waals surface area (Å²) in [7, 11) is 4.09. The van der Waals surface area contributed by atoms with Crippen LogP contribution in [0.3, 0.4) is 0 Å². The van der Waals surface area contributed by atoms with Gasteiger partial charge in [-0.05, 0) is 70.1 Å². The Morgan fingerprint density at radius 3 is 2.91 bits per heavy atom. The lowest BCUT2D eigenvalue weighted by atomic mass is 10.2. The lowest BCUT2D eigenvalue weighted by Crippen LogP contribution is -2.19. The zero-order valence-corrected chi connectivity index (χ0v) is 21.5. The van der Waals surface area contributed by atoms with Crippen molar-refractivity contribution >= 4 is 51.7 Å². The van der Waals surface area contributed by atoms with Gasteiger partial charge < -0.3 is 19.9 Å². The van der Waals surface area contributed by atoms with Crippen LogP contribution in [0.4, 0.5) is 10.8 Å². The van der Waals surface area contributed by atoms with Crippen molar-refractivity contribution in [1.82, 2.24) is 14.9 Å². The number of carbonyl (C=O) groups is 1. The number of azo groups is 1. The van der Waals surface area contributed by atoms with E-state index in [1.165, 1.54) is 28.9 Å². The molecule has 35 heavy (non-hydrogen) atoms. The van der Waals surface area contributed by atoms with Crippen molar-refractivity contribution in [3.8, 4) is 5.75 Å². The average Bonchev–Trinajstić information content (AvgIpc) is 3.49. The summed E-state index contributed by atoms with van der Waals surface area (Å²) in [5.74, 6) is 0.941. The van der Waals surface area contributed by atoms with Crippen LogP contribution in [0, 0.1) is 12.8 Å². The third-order valence-electron chi connectivity index (χ3n) is 5.18. The molecule has 0 saturated heterocycles. The van der Waals surface area contributed by atoms with Gasteiger partial charge in [-0.15, -0.1) is 11.3 Å². The number of hydrogen-bond donors (Lipinski definition) is 2. The van der Waals surface area contributed by atoms with Crippen molar-refractivity contribution in [3.05, 3.63) is 54.4 Å². The van der Waals surface area contributed by atoms with E-state index < -0.39 is 0 Å². The fourth-order valence-corrected chi connectivity index (χ4v) is 4.80. The van der Waals surface area contributed by atoms with E-state index in [2.05, 4.69) is 30.4 Å². The van der Waals surface area contributed by atoms with Crippen molar-refractivity contribution in [2.45, 2.75) is 26.2 Å². The Bertz CT molecular complexity index is 1380. The van der Waals surface area contributed by atoms with Crippen LogP contribution < -0.4 is 24.8 Å². The van der Waals surface area contributed by atoms with Crippen LogP contribution in [0.1, 0.15) is 29.7 Å². The van der Waals surface area contributed by atoms with E-state index in [4.69, 9.17) is 4.74 Å². The van der Waals surface area contributed by atoms with E-state index in [1.54, 1.807) is 12.3 Å². The minimum Gasteiger partial charge on any atom is -0.494 e. The first-order valence-electron chi connectivity index (χ1n) is 11.3. The zero-order chi connectivity index (χ0) is 24.8. The molecular formula is C24H28N6O3S2. The summed E-state index contributed by atoms with van der Waals surface area (Å²) in [5.41, 5.74) is 1.48. The predicted molar refractivity (Wildman–Crippen MR) is 140 cm³/mol. The van der Waals surface area contributed by atoms with Crippen LogP contribution >= 0.6 is 22.7 Å².